The minimum atomic E-state index is -0.682. The molecule has 2 fully saturated rings. The van der Waals surface area contributed by atoms with E-state index in [9.17, 15) is 9.59 Å². The van der Waals surface area contributed by atoms with Crippen LogP contribution < -0.4 is 20.1 Å². The van der Waals surface area contributed by atoms with E-state index in [1.165, 1.54) is 6.42 Å². The third kappa shape index (κ3) is 4.17. The molecule has 0 radical (unpaired) electrons. The quantitative estimate of drug-likeness (QED) is 0.768. The van der Waals surface area contributed by atoms with Crippen molar-refractivity contribution in [2.75, 3.05) is 19.9 Å². The summed E-state index contributed by atoms with van der Waals surface area (Å²) in [6, 6.07) is 5.38. The Morgan fingerprint density at radius 2 is 1.81 bits per heavy atom. The van der Waals surface area contributed by atoms with Gasteiger partial charge in [0.25, 0.3) is 0 Å². The van der Waals surface area contributed by atoms with Gasteiger partial charge in [0.1, 0.15) is 6.10 Å². The summed E-state index contributed by atoms with van der Waals surface area (Å²) < 4.78 is 22.4. The van der Waals surface area contributed by atoms with E-state index in [2.05, 4.69) is 10.6 Å². The number of hydrogen-bond acceptors (Lipinski definition) is 6. The number of carbonyl (C=O) groups excluding carboxylic acids is 2. The second-order valence-corrected chi connectivity index (χ2v) is 7.10. The molecule has 2 N–H and O–H groups in total. The zero-order valence-corrected chi connectivity index (χ0v) is 15.1. The molecule has 2 heterocycles. The average molecular weight is 376 g/mol. The van der Waals surface area contributed by atoms with Gasteiger partial charge in [0, 0.05) is 25.9 Å². The third-order valence-corrected chi connectivity index (χ3v) is 5.12. The van der Waals surface area contributed by atoms with Gasteiger partial charge >= 0.3 is 11.8 Å². The Balaban J connectivity index is 1.20. The van der Waals surface area contributed by atoms with E-state index in [1.807, 2.05) is 6.07 Å². The van der Waals surface area contributed by atoms with Gasteiger partial charge < -0.3 is 29.6 Å². The molecule has 146 valence electrons. The highest BCUT2D eigenvalue weighted by atomic mass is 16.7. The van der Waals surface area contributed by atoms with E-state index >= 15 is 0 Å². The Morgan fingerprint density at radius 1 is 1.04 bits per heavy atom. The monoisotopic (exact) mass is 376 g/mol. The molecule has 0 bridgehead atoms. The van der Waals surface area contributed by atoms with Gasteiger partial charge in [-0.1, -0.05) is 12.5 Å². The van der Waals surface area contributed by atoms with E-state index in [0.717, 1.165) is 31.2 Å². The largest absolute Gasteiger partial charge is 0.454 e. The maximum atomic E-state index is 12.0. The van der Waals surface area contributed by atoms with Crippen LogP contribution in [0.2, 0.25) is 0 Å². The molecule has 0 unspecified atom stereocenters. The smallest absolute Gasteiger partial charge is 0.309 e. The van der Waals surface area contributed by atoms with Gasteiger partial charge in [0.2, 0.25) is 6.79 Å². The Morgan fingerprint density at radius 3 is 2.67 bits per heavy atom. The molecule has 8 heteroatoms. The highest BCUT2D eigenvalue weighted by Crippen LogP contribution is 2.37. The molecule has 1 saturated heterocycles. The Bertz CT molecular complexity index is 716. The molecule has 4 rings (SSSR count). The molecular weight excluding hydrogens is 352 g/mol. The van der Waals surface area contributed by atoms with E-state index in [1.54, 1.807) is 12.1 Å². The summed E-state index contributed by atoms with van der Waals surface area (Å²) in [6.07, 6.45) is 4.98. The topological polar surface area (TPSA) is 95.1 Å². The summed E-state index contributed by atoms with van der Waals surface area (Å²) in [6.45, 7) is 1.13. The van der Waals surface area contributed by atoms with Gasteiger partial charge in [0.05, 0.1) is 6.61 Å². The number of fused-ring (bicyclic) bond motifs is 1. The summed E-state index contributed by atoms with van der Waals surface area (Å²) in [5.74, 6) is -0.517. The first kappa shape index (κ1) is 18.1. The van der Waals surface area contributed by atoms with Crippen molar-refractivity contribution < 1.29 is 28.5 Å². The SMILES string of the molecule is O=C(NCc1ccc2c(c1)OCO2)C(=O)NC[C@H]1COC2(CCCCC2)O1. The molecule has 0 aromatic heterocycles. The summed E-state index contributed by atoms with van der Waals surface area (Å²) in [5.41, 5.74) is 0.826. The van der Waals surface area contributed by atoms with Crippen LogP contribution in [0.5, 0.6) is 11.5 Å². The number of carbonyl (C=O) groups is 2. The lowest BCUT2D eigenvalue weighted by atomic mass is 9.94. The van der Waals surface area contributed by atoms with Crippen LogP contribution in [0.15, 0.2) is 18.2 Å². The van der Waals surface area contributed by atoms with Gasteiger partial charge in [-0.25, -0.2) is 0 Å². The first-order valence-corrected chi connectivity index (χ1v) is 9.40. The molecule has 1 aromatic carbocycles. The summed E-state index contributed by atoms with van der Waals surface area (Å²) in [7, 11) is 0. The fourth-order valence-corrected chi connectivity index (χ4v) is 3.67. The zero-order valence-electron chi connectivity index (χ0n) is 15.1. The van der Waals surface area contributed by atoms with Crippen LogP contribution in [-0.4, -0.2) is 43.7 Å². The highest BCUT2D eigenvalue weighted by Gasteiger charge is 2.42. The predicted octanol–water partition coefficient (Wildman–Crippen LogP) is 1.22. The van der Waals surface area contributed by atoms with Crippen molar-refractivity contribution in [3.8, 4) is 11.5 Å². The first-order valence-electron chi connectivity index (χ1n) is 9.40. The summed E-state index contributed by atoms with van der Waals surface area (Å²) in [5, 5.41) is 5.23. The minimum absolute atomic E-state index is 0.196. The van der Waals surface area contributed by atoms with Crippen LogP contribution in [0, 0.1) is 0 Å². The molecule has 8 nitrogen and oxygen atoms in total. The molecule has 2 aliphatic heterocycles. The molecule has 27 heavy (non-hydrogen) atoms. The summed E-state index contributed by atoms with van der Waals surface area (Å²) in [4.78, 5) is 24.0. The van der Waals surface area contributed by atoms with Crippen molar-refractivity contribution in [1.29, 1.82) is 0 Å². The summed E-state index contributed by atoms with van der Waals surface area (Å²) >= 11 is 0. The fraction of sp³-hybridized carbons (Fsp3) is 0.579. The van der Waals surface area contributed by atoms with Gasteiger partial charge in [-0.3, -0.25) is 9.59 Å². The minimum Gasteiger partial charge on any atom is -0.454 e. The van der Waals surface area contributed by atoms with E-state index < -0.39 is 17.6 Å². The molecule has 1 aliphatic carbocycles. The van der Waals surface area contributed by atoms with Crippen molar-refractivity contribution >= 4 is 11.8 Å². The van der Waals surface area contributed by atoms with Crippen LogP contribution in [0.3, 0.4) is 0 Å². The van der Waals surface area contributed by atoms with E-state index in [-0.39, 0.29) is 26.0 Å². The van der Waals surface area contributed by atoms with Gasteiger partial charge in [-0.05, 0) is 30.5 Å². The van der Waals surface area contributed by atoms with Crippen molar-refractivity contribution in [3.63, 3.8) is 0 Å². The van der Waals surface area contributed by atoms with Crippen molar-refractivity contribution in [2.45, 2.75) is 50.5 Å². The lowest BCUT2D eigenvalue weighted by Gasteiger charge is -2.31. The molecule has 1 spiro atoms. The Kier molecular flexibility index (Phi) is 5.18. The molecule has 1 saturated carbocycles. The lowest BCUT2D eigenvalue weighted by Crippen LogP contribution is -2.43. The number of rotatable bonds is 4. The first-order chi connectivity index (χ1) is 13.1. The third-order valence-electron chi connectivity index (χ3n) is 5.12. The second-order valence-electron chi connectivity index (χ2n) is 7.10. The molecule has 2 amide bonds. The van der Waals surface area contributed by atoms with Gasteiger partial charge in [-0.15, -0.1) is 0 Å². The van der Waals surface area contributed by atoms with E-state index in [0.29, 0.717) is 18.1 Å². The average Bonchev–Trinajstić information content (AvgIpc) is 3.31. The van der Waals surface area contributed by atoms with Crippen molar-refractivity contribution in [2.24, 2.45) is 0 Å². The van der Waals surface area contributed by atoms with Crippen molar-refractivity contribution in [1.82, 2.24) is 10.6 Å². The van der Waals surface area contributed by atoms with Crippen LogP contribution >= 0.6 is 0 Å². The normalized spacial score (nSPS) is 22.6. The van der Waals surface area contributed by atoms with Crippen LogP contribution in [0.25, 0.3) is 0 Å². The van der Waals surface area contributed by atoms with Gasteiger partial charge in [-0.2, -0.15) is 0 Å². The van der Waals surface area contributed by atoms with E-state index in [4.69, 9.17) is 18.9 Å². The standard InChI is InChI=1S/C19H24N2O6/c22-17(20-9-13-4-5-15-16(8-13)25-12-24-15)18(23)21-10-14-11-26-19(27-14)6-2-1-3-7-19/h4-5,8,14H,1-3,6-7,9-12H2,(H,20,22)(H,21,23)/t14-/m0/s1. The van der Waals surface area contributed by atoms with Gasteiger partial charge in [0.15, 0.2) is 17.3 Å². The number of benzene rings is 1. The fourth-order valence-electron chi connectivity index (χ4n) is 3.67. The van der Waals surface area contributed by atoms with Crippen LogP contribution in [0.4, 0.5) is 0 Å². The zero-order chi connectivity index (χ0) is 18.7. The molecule has 3 aliphatic rings. The Hall–Kier alpha value is -2.32. The molecule has 1 atom stereocenters. The predicted molar refractivity (Wildman–Crippen MR) is 94.1 cm³/mol. The maximum absolute atomic E-state index is 12.0. The second kappa shape index (κ2) is 7.74. The van der Waals surface area contributed by atoms with Crippen LogP contribution in [-0.2, 0) is 25.6 Å². The van der Waals surface area contributed by atoms with Crippen molar-refractivity contribution in [3.05, 3.63) is 23.8 Å². The Labute approximate surface area is 157 Å². The lowest BCUT2D eigenvalue weighted by molar-refractivity contribution is -0.186. The number of hydrogen-bond donors (Lipinski definition) is 2. The maximum Gasteiger partial charge on any atom is 0.309 e. The van der Waals surface area contributed by atoms with Crippen LogP contribution in [0.1, 0.15) is 37.7 Å². The molecule has 1 aromatic rings. The highest BCUT2D eigenvalue weighted by molar-refractivity contribution is 6.35. The number of nitrogens with one attached hydrogen (secondary N) is 2. The number of ether oxygens (including phenoxy) is 4. The molecular formula is C19H24N2O6. The number of amides is 2.